The standard InChI is InChI=1S/C7H10OS/c1-5(8)9-7-2-6(3-7)4-7/h6H,2-4H2,1H3. The third-order valence-electron chi connectivity index (χ3n) is 2.34. The van der Waals surface area contributed by atoms with Gasteiger partial charge in [0.25, 0.3) is 0 Å². The Hall–Kier alpha value is 0.0200. The molecule has 0 heterocycles. The molecule has 0 aliphatic heterocycles. The highest BCUT2D eigenvalue weighted by atomic mass is 32.2. The van der Waals surface area contributed by atoms with Gasteiger partial charge >= 0.3 is 0 Å². The van der Waals surface area contributed by atoms with Gasteiger partial charge in [-0.3, -0.25) is 4.79 Å². The van der Waals surface area contributed by atoms with E-state index >= 15 is 0 Å². The molecule has 3 saturated carbocycles. The molecule has 0 spiro atoms. The number of hydrogen-bond acceptors (Lipinski definition) is 2. The molecule has 0 N–H and O–H groups in total. The van der Waals surface area contributed by atoms with Gasteiger partial charge in [-0.15, -0.1) is 0 Å². The van der Waals surface area contributed by atoms with Gasteiger partial charge in [-0.05, 0) is 25.2 Å². The Morgan fingerprint density at radius 1 is 1.56 bits per heavy atom. The Labute approximate surface area is 59.2 Å². The molecule has 9 heavy (non-hydrogen) atoms. The normalized spacial score (nSPS) is 45.2. The van der Waals surface area contributed by atoms with Crippen molar-refractivity contribution in [3.63, 3.8) is 0 Å². The summed E-state index contributed by atoms with van der Waals surface area (Å²) in [5.41, 5.74) is 0. The molecule has 0 amide bonds. The number of thioether (sulfide) groups is 1. The summed E-state index contributed by atoms with van der Waals surface area (Å²) >= 11 is 1.57. The number of rotatable bonds is 1. The van der Waals surface area contributed by atoms with Crippen LogP contribution in [0.25, 0.3) is 0 Å². The van der Waals surface area contributed by atoms with Crippen molar-refractivity contribution >= 4 is 16.9 Å². The van der Waals surface area contributed by atoms with Crippen LogP contribution in [0.4, 0.5) is 0 Å². The van der Waals surface area contributed by atoms with Crippen LogP contribution in [0.5, 0.6) is 0 Å². The molecule has 2 heteroatoms. The summed E-state index contributed by atoms with van der Waals surface area (Å²) in [6.45, 7) is 1.67. The molecule has 0 saturated heterocycles. The summed E-state index contributed by atoms with van der Waals surface area (Å²) in [4.78, 5) is 10.6. The van der Waals surface area contributed by atoms with Crippen LogP contribution < -0.4 is 0 Å². The van der Waals surface area contributed by atoms with Crippen LogP contribution in [0.1, 0.15) is 26.2 Å². The van der Waals surface area contributed by atoms with Crippen LogP contribution >= 0.6 is 11.8 Å². The summed E-state index contributed by atoms with van der Waals surface area (Å²) < 4.78 is 0.455. The lowest BCUT2D eigenvalue weighted by Gasteiger charge is -2.60. The van der Waals surface area contributed by atoms with Gasteiger partial charge in [0, 0.05) is 11.7 Å². The molecule has 0 aromatic rings. The SMILES string of the molecule is CC(=O)SC12CC(C1)C2. The molecule has 50 valence electrons. The molecule has 0 aromatic heterocycles. The monoisotopic (exact) mass is 142 g/mol. The van der Waals surface area contributed by atoms with Crippen molar-refractivity contribution in [3.05, 3.63) is 0 Å². The fraction of sp³-hybridized carbons (Fsp3) is 0.857. The minimum Gasteiger partial charge on any atom is -0.288 e. The maximum atomic E-state index is 10.6. The van der Waals surface area contributed by atoms with Crippen LogP contribution in [0.15, 0.2) is 0 Å². The van der Waals surface area contributed by atoms with Gasteiger partial charge in [0.2, 0.25) is 0 Å². The van der Waals surface area contributed by atoms with E-state index in [1.807, 2.05) is 0 Å². The van der Waals surface area contributed by atoms with Gasteiger partial charge in [0.15, 0.2) is 5.12 Å². The van der Waals surface area contributed by atoms with E-state index in [0.717, 1.165) is 5.92 Å². The zero-order valence-electron chi connectivity index (χ0n) is 5.52. The Kier molecular flexibility index (Phi) is 0.989. The van der Waals surface area contributed by atoms with Crippen molar-refractivity contribution in [2.75, 3.05) is 0 Å². The van der Waals surface area contributed by atoms with E-state index in [2.05, 4.69) is 0 Å². The predicted octanol–water partition coefficient (Wildman–Crippen LogP) is 1.82. The first-order chi connectivity index (χ1) is 4.20. The summed E-state index contributed by atoms with van der Waals surface area (Å²) in [5, 5.41) is 0.299. The third kappa shape index (κ3) is 0.725. The van der Waals surface area contributed by atoms with E-state index < -0.39 is 0 Å². The Morgan fingerprint density at radius 2 is 2.11 bits per heavy atom. The molecule has 2 bridgehead atoms. The molecule has 3 fully saturated rings. The molecule has 0 atom stereocenters. The molecule has 1 nitrogen and oxygen atoms in total. The molecule has 3 aliphatic carbocycles. The quantitative estimate of drug-likeness (QED) is 0.555. The first-order valence-electron chi connectivity index (χ1n) is 3.40. The fourth-order valence-electron chi connectivity index (χ4n) is 1.83. The zero-order chi connectivity index (χ0) is 6.48. The Balaban J connectivity index is 1.92. The molecule has 3 aliphatic rings. The first-order valence-corrected chi connectivity index (χ1v) is 4.21. The van der Waals surface area contributed by atoms with Crippen LogP contribution in [0.2, 0.25) is 0 Å². The van der Waals surface area contributed by atoms with Crippen LogP contribution in [-0.4, -0.2) is 9.86 Å². The van der Waals surface area contributed by atoms with E-state index in [0.29, 0.717) is 9.86 Å². The topological polar surface area (TPSA) is 17.1 Å². The van der Waals surface area contributed by atoms with Crippen molar-refractivity contribution in [3.8, 4) is 0 Å². The summed E-state index contributed by atoms with van der Waals surface area (Å²) in [6, 6.07) is 0. The summed E-state index contributed by atoms with van der Waals surface area (Å²) in [5.74, 6) is 0.997. The largest absolute Gasteiger partial charge is 0.288 e. The number of carbonyl (C=O) groups excluding carboxylic acids is 1. The molecule has 3 rings (SSSR count). The number of hydrogen-bond donors (Lipinski definition) is 0. The van der Waals surface area contributed by atoms with Gasteiger partial charge in [0.1, 0.15) is 0 Å². The van der Waals surface area contributed by atoms with Crippen molar-refractivity contribution in [2.45, 2.75) is 30.9 Å². The summed E-state index contributed by atoms with van der Waals surface area (Å²) in [7, 11) is 0. The van der Waals surface area contributed by atoms with Crippen molar-refractivity contribution in [1.29, 1.82) is 0 Å². The second-order valence-electron chi connectivity index (χ2n) is 3.26. The highest BCUT2D eigenvalue weighted by Crippen LogP contribution is 2.64. The maximum absolute atomic E-state index is 10.6. The van der Waals surface area contributed by atoms with Crippen molar-refractivity contribution in [1.82, 2.24) is 0 Å². The Bertz CT molecular complexity index is 147. The second kappa shape index (κ2) is 1.54. The highest BCUT2D eigenvalue weighted by Gasteiger charge is 2.57. The second-order valence-corrected chi connectivity index (χ2v) is 4.90. The van der Waals surface area contributed by atoms with Gasteiger partial charge in [-0.1, -0.05) is 11.8 Å². The van der Waals surface area contributed by atoms with Crippen LogP contribution in [0.3, 0.4) is 0 Å². The zero-order valence-corrected chi connectivity index (χ0v) is 6.33. The lowest BCUT2D eigenvalue weighted by molar-refractivity contribution is -0.109. The average Bonchev–Trinajstić information content (AvgIpc) is 1.50. The van der Waals surface area contributed by atoms with Crippen LogP contribution in [-0.2, 0) is 4.79 Å². The minimum absolute atomic E-state index is 0.299. The van der Waals surface area contributed by atoms with E-state index in [1.54, 1.807) is 18.7 Å². The molecular formula is C7H10OS. The lowest BCUT2D eigenvalue weighted by atomic mass is 9.55. The van der Waals surface area contributed by atoms with Crippen molar-refractivity contribution < 1.29 is 4.79 Å². The molecule has 0 radical (unpaired) electrons. The van der Waals surface area contributed by atoms with Crippen LogP contribution in [0, 0.1) is 5.92 Å². The molecule has 0 aromatic carbocycles. The molecular weight excluding hydrogens is 132 g/mol. The third-order valence-corrected chi connectivity index (χ3v) is 3.56. The van der Waals surface area contributed by atoms with E-state index in [4.69, 9.17) is 0 Å². The fourth-order valence-corrected chi connectivity index (χ4v) is 3.40. The first kappa shape index (κ1) is 5.78. The van der Waals surface area contributed by atoms with Gasteiger partial charge in [0.05, 0.1) is 0 Å². The summed E-state index contributed by atoms with van der Waals surface area (Å²) in [6.07, 6.45) is 3.95. The maximum Gasteiger partial charge on any atom is 0.186 e. The Morgan fingerprint density at radius 3 is 2.22 bits per heavy atom. The minimum atomic E-state index is 0.299. The highest BCUT2D eigenvalue weighted by molar-refractivity contribution is 8.14. The lowest BCUT2D eigenvalue weighted by Crippen LogP contribution is -2.55. The van der Waals surface area contributed by atoms with Crippen molar-refractivity contribution in [2.24, 2.45) is 5.92 Å². The van der Waals surface area contributed by atoms with E-state index in [1.165, 1.54) is 19.3 Å². The van der Waals surface area contributed by atoms with Gasteiger partial charge < -0.3 is 0 Å². The van der Waals surface area contributed by atoms with E-state index in [-0.39, 0.29) is 0 Å². The van der Waals surface area contributed by atoms with Gasteiger partial charge in [-0.25, -0.2) is 0 Å². The number of carbonyl (C=O) groups is 1. The molecule has 0 unspecified atom stereocenters. The van der Waals surface area contributed by atoms with Gasteiger partial charge in [-0.2, -0.15) is 0 Å². The smallest absolute Gasteiger partial charge is 0.186 e. The van der Waals surface area contributed by atoms with E-state index in [9.17, 15) is 4.79 Å². The average molecular weight is 142 g/mol. The predicted molar refractivity (Wildman–Crippen MR) is 38.3 cm³/mol.